The highest BCUT2D eigenvalue weighted by Crippen LogP contribution is 2.38. The predicted octanol–water partition coefficient (Wildman–Crippen LogP) is 2.15. The van der Waals surface area contributed by atoms with Gasteiger partial charge < -0.3 is 34.0 Å². The second-order valence-electron chi connectivity index (χ2n) is 10.0. The van der Waals surface area contributed by atoms with Gasteiger partial charge in [-0.15, -0.1) is 0 Å². The molecule has 0 aliphatic heterocycles. The van der Waals surface area contributed by atoms with E-state index in [0.29, 0.717) is 16.5 Å². The number of aromatic nitrogens is 2. The van der Waals surface area contributed by atoms with Crippen LogP contribution in [0.15, 0.2) is 6.33 Å². The van der Waals surface area contributed by atoms with Crippen LogP contribution in [0.25, 0.3) is 0 Å². The zero-order valence-corrected chi connectivity index (χ0v) is 21.9. The first kappa shape index (κ1) is 26.4. The summed E-state index contributed by atoms with van der Waals surface area (Å²) < 4.78 is 7.24. The maximum atomic E-state index is 12.0. The lowest BCUT2D eigenvalue weighted by Gasteiger charge is -2.37. The number of carbonyl (C=O) groups is 1. The Morgan fingerprint density at radius 2 is 1.79 bits per heavy atom. The van der Waals surface area contributed by atoms with Crippen LogP contribution in [-0.4, -0.2) is 17.0 Å². The van der Waals surface area contributed by atoms with E-state index in [1.54, 1.807) is 6.33 Å². The first-order chi connectivity index (χ1) is 12.9. The molecule has 7 heteroatoms. The van der Waals surface area contributed by atoms with Crippen LogP contribution in [0.1, 0.15) is 79.8 Å². The molecule has 0 saturated heterocycles. The van der Waals surface area contributed by atoms with Crippen LogP contribution in [0.5, 0.6) is 0 Å². The summed E-state index contributed by atoms with van der Waals surface area (Å²) in [5.74, 6) is 1.27. The Morgan fingerprint density at radius 3 is 2.28 bits per heavy atom. The van der Waals surface area contributed by atoms with Crippen molar-refractivity contribution >= 4 is 23.4 Å². The molecule has 0 spiro atoms. The summed E-state index contributed by atoms with van der Waals surface area (Å²) in [5.41, 5.74) is 0.764. The van der Waals surface area contributed by atoms with Gasteiger partial charge in [-0.1, -0.05) is 39.3 Å². The van der Waals surface area contributed by atoms with Crippen molar-refractivity contribution in [2.75, 3.05) is 5.32 Å². The average molecular weight is 538 g/mol. The standard InChI is InChI=1S/C22H36ClN3O2.HI/c1-8-17-18(23)19(24-13-26(17)14-28-20(27)22(5,6)7)25-16-11-9-15(10-12-16)21(2,3)4;/h13,15-16H,8-12,14H2,1-7H3;1H. The number of hydrogen-bond donors (Lipinski definition) is 1. The van der Waals surface area contributed by atoms with Crippen molar-refractivity contribution in [1.82, 2.24) is 4.98 Å². The number of nitrogens with zero attached hydrogens (tertiary/aromatic N) is 2. The van der Waals surface area contributed by atoms with Crippen molar-refractivity contribution in [3.05, 3.63) is 17.0 Å². The van der Waals surface area contributed by atoms with Gasteiger partial charge in [0.2, 0.25) is 6.73 Å². The van der Waals surface area contributed by atoms with Crippen molar-refractivity contribution < 1.29 is 38.1 Å². The first-order valence-corrected chi connectivity index (χ1v) is 10.8. The van der Waals surface area contributed by atoms with E-state index >= 15 is 0 Å². The highest BCUT2D eigenvalue weighted by Gasteiger charge is 2.31. The molecule has 1 aliphatic rings. The first-order valence-electron chi connectivity index (χ1n) is 10.4. The largest absolute Gasteiger partial charge is 1.00 e. The minimum absolute atomic E-state index is 0. The molecule has 1 aromatic heterocycles. The quantitative estimate of drug-likeness (QED) is 0.355. The summed E-state index contributed by atoms with van der Waals surface area (Å²) in [6.45, 7) is 14.7. The molecule has 2 rings (SSSR count). The molecule has 0 amide bonds. The van der Waals surface area contributed by atoms with Crippen molar-refractivity contribution in [2.24, 2.45) is 16.7 Å². The molecule has 0 atom stereocenters. The Balaban J connectivity index is 0.00000420. The monoisotopic (exact) mass is 537 g/mol. The molecule has 1 saturated carbocycles. The lowest BCUT2D eigenvalue weighted by molar-refractivity contribution is -0.736. The Labute approximate surface area is 198 Å². The molecule has 29 heavy (non-hydrogen) atoms. The van der Waals surface area contributed by atoms with Crippen molar-refractivity contribution in [3.8, 4) is 0 Å². The van der Waals surface area contributed by atoms with Crippen LogP contribution in [0.3, 0.4) is 0 Å². The molecular weight excluding hydrogens is 501 g/mol. The molecule has 1 aromatic rings. The van der Waals surface area contributed by atoms with E-state index in [1.807, 2.05) is 32.3 Å². The van der Waals surface area contributed by atoms with E-state index in [4.69, 9.17) is 16.3 Å². The van der Waals surface area contributed by atoms with E-state index in [0.717, 1.165) is 36.7 Å². The van der Waals surface area contributed by atoms with Gasteiger partial charge in [0, 0.05) is 12.5 Å². The number of nitrogens with one attached hydrogen (secondary N) is 1. The number of rotatable bonds is 5. The Bertz CT molecular complexity index is 691. The molecule has 0 bridgehead atoms. The SMILES string of the molecule is CCc1c(Cl)c(NC2CCC(C(C)(C)C)CC2)nc[n+]1COC(=O)C(C)(C)C.[I-]. The summed E-state index contributed by atoms with van der Waals surface area (Å²) in [6.07, 6.45) is 7.19. The number of ether oxygens (including phenoxy) is 1. The van der Waals surface area contributed by atoms with Gasteiger partial charge in [0.05, 0.1) is 5.41 Å². The van der Waals surface area contributed by atoms with E-state index in [1.165, 1.54) is 12.8 Å². The molecule has 166 valence electrons. The predicted molar refractivity (Wildman–Crippen MR) is 113 cm³/mol. The minimum atomic E-state index is -0.530. The van der Waals surface area contributed by atoms with E-state index in [2.05, 4.69) is 31.1 Å². The highest BCUT2D eigenvalue weighted by atomic mass is 127. The third-order valence-corrected chi connectivity index (χ3v) is 6.11. The molecule has 0 unspecified atom stereocenters. The Hall–Kier alpha value is -0.630. The zero-order chi connectivity index (χ0) is 21.1. The van der Waals surface area contributed by atoms with Gasteiger partial charge in [-0.2, -0.15) is 4.57 Å². The summed E-state index contributed by atoms with van der Waals surface area (Å²) in [6, 6.07) is 0.405. The van der Waals surface area contributed by atoms with Gasteiger partial charge in [0.25, 0.3) is 12.1 Å². The summed E-state index contributed by atoms with van der Waals surface area (Å²) in [4.78, 5) is 16.6. The van der Waals surface area contributed by atoms with Crippen LogP contribution in [0.4, 0.5) is 5.82 Å². The lowest BCUT2D eigenvalue weighted by Crippen LogP contribution is -3.00. The van der Waals surface area contributed by atoms with Gasteiger partial charge in [-0.25, -0.2) is 0 Å². The third-order valence-electron chi connectivity index (χ3n) is 5.71. The van der Waals surface area contributed by atoms with Crippen LogP contribution < -0.4 is 33.9 Å². The zero-order valence-electron chi connectivity index (χ0n) is 18.9. The second kappa shape index (κ2) is 10.6. The molecule has 1 fully saturated rings. The number of halogens is 2. The van der Waals surface area contributed by atoms with Gasteiger partial charge in [-0.3, -0.25) is 4.79 Å². The van der Waals surface area contributed by atoms with Crippen molar-refractivity contribution in [1.29, 1.82) is 0 Å². The number of hydrogen-bond acceptors (Lipinski definition) is 4. The van der Waals surface area contributed by atoms with Crippen LogP contribution in [0, 0.1) is 16.7 Å². The smallest absolute Gasteiger partial charge is 0.314 e. The molecule has 1 heterocycles. The molecule has 0 radical (unpaired) electrons. The summed E-state index contributed by atoms with van der Waals surface area (Å²) in [7, 11) is 0. The average Bonchev–Trinajstić information content (AvgIpc) is 2.60. The molecule has 5 nitrogen and oxygen atoms in total. The number of carbonyl (C=O) groups excluding carboxylic acids is 1. The van der Waals surface area contributed by atoms with Gasteiger partial charge in [-0.05, 0) is 62.8 Å². The van der Waals surface area contributed by atoms with Gasteiger partial charge in [0.15, 0.2) is 5.02 Å². The van der Waals surface area contributed by atoms with Crippen LogP contribution in [0.2, 0.25) is 5.02 Å². The fourth-order valence-electron chi connectivity index (χ4n) is 3.73. The number of anilines is 1. The van der Waals surface area contributed by atoms with E-state index < -0.39 is 5.41 Å². The topological polar surface area (TPSA) is 55.1 Å². The Morgan fingerprint density at radius 1 is 1.21 bits per heavy atom. The highest BCUT2D eigenvalue weighted by molar-refractivity contribution is 6.33. The minimum Gasteiger partial charge on any atom is -1.00 e. The van der Waals surface area contributed by atoms with E-state index in [-0.39, 0.29) is 36.7 Å². The maximum Gasteiger partial charge on any atom is 0.314 e. The molecule has 1 N–H and O–H groups in total. The molecule has 0 aromatic carbocycles. The van der Waals surface area contributed by atoms with Crippen molar-refractivity contribution in [2.45, 2.75) is 93.3 Å². The summed E-state index contributed by atoms with van der Waals surface area (Å²) in [5, 5.41) is 4.17. The second-order valence-corrected chi connectivity index (χ2v) is 10.4. The normalized spacial score (nSPS) is 20.0. The molecular formula is C22H37ClIN3O2. The fourth-order valence-corrected chi connectivity index (χ4v) is 4.07. The van der Waals surface area contributed by atoms with Crippen LogP contribution >= 0.6 is 11.6 Å². The van der Waals surface area contributed by atoms with Crippen molar-refractivity contribution in [3.63, 3.8) is 0 Å². The Kier molecular flexibility index (Phi) is 9.65. The van der Waals surface area contributed by atoms with Gasteiger partial charge in [0.1, 0.15) is 5.69 Å². The third kappa shape index (κ3) is 7.23. The van der Waals surface area contributed by atoms with Crippen LogP contribution in [-0.2, 0) is 22.7 Å². The number of esters is 1. The maximum absolute atomic E-state index is 12.0. The fraction of sp³-hybridized carbons (Fsp3) is 0.773. The molecule has 1 aliphatic carbocycles. The summed E-state index contributed by atoms with van der Waals surface area (Å²) >= 11 is 6.65. The van der Waals surface area contributed by atoms with E-state index in [9.17, 15) is 4.79 Å². The van der Waals surface area contributed by atoms with Gasteiger partial charge >= 0.3 is 5.97 Å². The lowest BCUT2D eigenvalue weighted by atomic mass is 9.71.